The molecule has 0 amide bonds. The maximum Gasteiger partial charge on any atom is 0.0921 e. The molecule has 11 atom stereocenters. The fourth-order valence-electron chi connectivity index (χ4n) is 10.4. The van der Waals surface area contributed by atoms with E-state index < -0.39 is 6.10 Å². The summed E-state index contributed by atoms with van der Waals surface area (Å²) in [7, 11) is 0. The quantitative estimate of drug-likeness (QED) is 0.328. The minimum absolute atomic E-state index is 0.101. The molecule has 0 bridgehead atoms. The molecule has 4 aliphatic rings. The Morgan fingerprint density at radius 1 is 1.03 bits per heavy atom. The first-order chi connectivity index (χ1) is 17.6. The lowest BCUT2D eigenvalue weighted by Gasteiger charge is -2.64. The van der Waals surface area contributed by atoms with E-state index in [2.05, 4.69) is 49.9 Å². The Hall–Kier alpha value is -0.910. The third kappa shape index (κ3) is 5.07. The number of aliphatic hydroxyl groups excluding tert-OH is 2. The van der Waals surface area contributed by atoms with Crippen LogP contribution in [0.2, 0.25) is 0 Å². The average molecular weight is 514 g/mol. The molecule has 1 aromatic rings. The second kappa shape index (κ2) is 10.9. The van der Waals surface area contributed by atoms with Crippen LogP contribution in [0.25, 0.3) is 0 Å². The average Bonchev–Trinajstić information content (AvgIpc) is 3.47. The summed E-state index contributed by atoms with van der Waals surface area (Å²) in [6.45, 7) is 13.2. The Kier molecular flexibility index (Phi) is 8.17. The van der Waals surface area contributed by atoms with Crippen molar-refractivity contribution in [1.29, 1.82) is 0 Å². The summed E-state index contributed by atoms with van der Waals surface area (Å²) in [5.41, 5.74) is 1.51. The van der Waals surface area contributed by atoms with Gasteiger partial charge in [0.05, 0.1) is 18.5 Å². The predicted molar refractivity (Wildman–Crippen MR) is 150 cm³/mol. The van der Waals surface area contributed by atoms with Crippen molar-refractivity contribution < 1.29 is 10.2 Å². The van der Waals surface area contributed by atoms with Gasteiger partial charge in [-0.15, -0.1) is 0 Å². The van der Waals surface area contributed by atoms with Crippen LogP contribution in [0.3, 0.4) is 0 Å². The fraction of sp³-hybridized carbons (Fsp3) is 0.906. The molecule has 37 heavy (non-hydrogen) atoms. The van der Waals surface area contributed by atoms with Crippen LogP contribution in [-0.4, -0.2) is 45.0 Å². The Bertz CT molecular complexity index is 873. The van der Waals surface area contributed by atoms with Crippen LogP contribution in [-0.2, 0) is 6.42 Å². The van der Waals surface area contributed by atoms with E-state index in [1.807, 2.05) is 6.20 Å². The van der Waals surface area contributed by atoms with Crippen LogP contribution < -0.4 is 5.32 Å². The highest BCUT2D eigenvalue weighted by Crippen LogP contribution is 2.68. The Morgan fingerprint density at radius 3 is 2.57 bits per heavy atom. The Labute approximate surface area is 226 Å². The largest absolute Gasteiger partial charge is 0.393 e. The van der Waals surface area contributed by atoms with Gasteiger partial charge in [-0.05, 0) is 91.8 Å². The zero-order valence-electron chi connectivity index (χ0n) is 24.3. The normalized spacial score (nSPS) is 44.3. The van der Waals surface area contributed by atoms with Gasteiger partial charge in [0, 0.05) is 36.3 Å². The number of nitrogens with one attached hydrogen (secondary N) is 2. The van der Waals surface area contributed by atoms with Crippen LogP contribution in [0.15, 0.2) is 12.5 Å². The number of nitrogens with zero attached hydrogens (tertiary/aromatic N) is 1. The number of hydrogen-bond acceptors (Lipinski definition) is 4. The summed E-state index contributed by atoms with van der Waals surface area (Å²) in [5, 5.41) is 26.2. The smallest absolute Gasteiger partial charge is 0.0921 e. The maximum absolute atomic E-state index is 11.6. The highest BCUT2D eigenvalue weighted by atomic mass is 16.3. The van der Waals surface area contributed by atoms with Gasteiger partial charge in [-0.3, -0.25) is 0 Å². The number of hydrogen-bond donors (Lipinski definition) is 4. The summed E-state index contributed by atoms with van der Waals surface area (Å²) in [6, 6.07) is 0.364. The molecule has 0 aromatic carbocycles. The molecule has 4 fully saturated rings. The zero-order chi connectivity index (χ0) is 26.4. The van der Waals surface area contributed by atoms with Gasteiger partial charge < -0.3 is 20.5 Å². The first-order valence-corrected chi connectivity index (χ1v) is 15.7. The van der Waals surface area contributed by atoms with Gasteiger partial charge in [0.15, 0.2) is 0 Å². The van der Waals surface area contributed by atoms with Crippen molar-refractivity contribution in [2.24, 2.45) is 52.3 Å². The number of rotatable bonds is 9. The van der Waals surface area contributed by atoms with Gasteiger partial charge in [-0.1, -0.05) is 53.9 Å². The molecule has 0 radical (unpaired) electrons. The van der Waals surface area contributed by atoms with Crippen molar-refractivity contribution >= 4 is 0 Å². The van der Waals surface area contributed by atoms with Gasteiger partial charge in [0.1, 0.15) is 0 Å². The van der Waals surface area contributed by atoms with Gasteiger partial charge in [0.25, 0.3) is 0 Å². The molecule has 0 saturated heterocycles. The molecule has 4 N–H and O–H groups in total. The Balaban J connectivity index is 1.35. The highest BCUT2D eigenvalue weighted by Gasteiger charge is 2.64. The molecule has 210 valence electrons. The summed E-state index contributed by atoms with van der Waals surface area (Å²) < 4.78 is 0. The van der Waals surface area contributed by atoms with Crippen molar-refractivity contribution in [3.63, 3.8) is 0 Å². The highest BCUT2D eigenvalue weighted by molar-refractivity contribution is 5.14. The number of aliphatic hydroxyl groups is 2. The van der Waals surface area contributed by atoms with Crippen molar-refractivity contribution in [2.75, 3.05) is 6.54 Å². The molecule has 1 heterocycles. The van der Waals surface area contributed by atoms with E-state index in [0.29, 0.717) is 35.6 Å². The van der Waals surface area contributed by atoms with Gasteiger partial charge >= 0.3 is 0 Å². The molecule has 5 nitrogen and oxygen atoms in total. The molecule has 5 heteroatoms. The molecule has 0 spiro atoms. The molecule has 4 aliphatic carbocycles. The summed E-state index contributed by atoms with van der Waals surface area (Å²) in [6.07, 6.45) is 15.9. The van der Waals surface area contributed by atoms with E-state index >= 15 is 0 Å². The van der Waals surface area contributed by atoms with Crippen molar-refractivity contribution in [2.45, 2.75) is 123 Å². The lowest BCUT2D eigenvalue weighted by Crippen LogP contribution is -2.65. The molecule has 4 saturated carbocycles. The summed E-state index contributed by atoms with van der Waals surface area (Å²) in [4.78, 5) is 7.42. The van der Waals surface area contributed by atoms with E-state index in [0.717, 1.165) is 43.1 Å². The van der Waals surface area contributed by atoms with E-state index in [-0.39, 0.29) is 11.5 Å². The molecule has 1 aromatic heterocycles. The minimum atomic E-state index is -0.400. The van der Waals surface area contributed by atoms with E-state index in [1.165, 1.54) is 57.1 Å². The third-order valence-electron chi connectivity index (χ3n) is 12.3. The summed E-state index contributed by atoms with van der Waals surface area (Å²) in [5.74, 6) is 4.85. The van der Waals surface area contributed by atoms with Crippen LogP contribution in [0.5, 0.6) is 0 Å². The molecular weight excluding hydrogens is 458 g/mol. The molecular formula is C32H55N3O2. The first kappa shape index (κ1) is 27.6. The molecule has 2 unspecified atom stereocenters. The summed E-state index contributed by atoms with van der Waals surface area (Å²) >= 11 is 0. The predicted octanol–water partition coefficient (Wildman–Crippen LogP) is 5.97. The fourth-order valence-corrected chi connectivity index (χ4v) is 10.4. The van der Waals surface area contributed by atoms with Gasteiger partial charge in [-0.25, -0.2) is 4.98 Å². The molecule has 5 rings (SSSR count). The Morgan fingerprint density at radius 2 is 1.84 bits per heavy atom. The second-order valence-corrected chi connectivity index (χ2v) is 14.6. The van der Waals surface area contributed by atoms with Gasteiger partial charge in [0.2, 0.25) is 0 Å². The number of aromatic nitrogens is 2. The van der Waals surface area contributed by atoms with E-state index in [4.69, 9.17) is 0 Å². The van der Waals surface area contributed by atoms with E-state index in [1.54, 1.807) is 6.33 Å². The first-order valence-electron chi connectivity index (χ1n) is 15.7. The van der Waals surface area contributed by atoms with Crippen molar-refractivity contribution in [1.82, 2.24) is 15.3 Å². The SMILES string of the molecule is CC(C)CCC[C@@H](C)[C@H]1CC[C@H]2[C@@H]3C[C@@H](NCCc4cnc[nH]4)C4C[C@@H](O)CC(O)[C@]4(C)[C@H]3CC[C@]12C. The van der Waals surface area contributed by atoms with E-state index in [9.17, 15) is 10.2 Å². The van der Waals surface area contributed by atoms with Crippen LogP contribution in [0.4, 0.5) is 0 Å². The van der Waals surface area contributed by atoms with Crippen LogP contribution >= 0.6 is 0 Å². The second-order valence-electron chi connectivity index (χ2n) is 14.6. The number of aromatic amines is 1. The number of fused-ring (bicyclic) bond motifs is 5. The number of H-pyrrole nitrogens is 1. The standard InChI is InChI=1S/C32H55N3O2/c1-20(2)7-6-8-21(3)25-9-10-26-24-17-29(34-14-12-22-18-33-19-35-22)28-15-23(36)16-30(37)32(28,5)27(24)11-13-31(25,26)4/h18-21,23-30,34,36-37H,6-17H2,1-5H3,(H,33,35)/t21-,23-,24+,25-,26+,27+,28?,29-,30?,31-,32-/m1/s1. The topological polar surface area (TPSA) is 81.2 Å². The number of imidazole rings is 1. The van der Waals surface area contributed by atoms with Crippen LogP contribution in [0.1, 0.15) is 105 Å². The minimum Gasteiger partial charge on any atom is -0.393 e. The lowest BCUT2D eigenvalue weighted by atomic mass is 9.42. The van der Waals surface area contributed by atoms with Crippen LogP contribution in [0, 0.1) is 52.3 Å². The van der Waals surface area contributed by atoms with Gasteiger partial charge in [-0.2, -0.15) is 0 Å². The monoisotopic (exact) mass is 513 g/mol. The lowest BCUT2D eigenvalue weighted by molar-refractivity contribution is -0.191. The maximum atomic E-state index is 11.6. The third-order valence-corrected chi connectivity index (χ3v) is 12.3. The zero-order valence-corrected chi connectivity index (χ0v) is 24.3. The molecule has 0 aliphatic heterocycles. The van der Waals surface area contributed by atoms with Crippen molar-refractivity contribution in [3.8, 4) is 0 Å². The van der Waals surface area contributed by atoms with Crippen molar-refractivity contribution in [3.05, 3.63) is 18.2 Å².